The van der Waals surface area contributed by atoms with Crippen LogP contribution in [0.25, 0.3) is 0 Å². The number of hydrogen-bond donors (Lipinski definition) is 3. The molecule has 0 aliphatic heterocycles. The number of amides is 1. The number of hydrogen-bond acceptors (Lipinski definition) is 6. The Morgan fingerprint density at radius 2 is 2.18 bits per heavy atom. The van der Waals surface area contributed by atoms with Gasteiger partial charge in [-0.2, -0.15) is 13.2 Å². The van der Waals surface area contributed by atoms with E-state index in [2.05, 4.69) is 20.6 Å². The van der Waals surface area contributed by atoms with Crippen molar-refractivity contribution in [1.82, 2.24) is 15.3 Å². The molecule has 0 saturated heterocycles. The standard InChI is InChI=1S/C12H18F3N5O2/c1-22-8(7-16)6-10(21)17-4-5-19-11-18-3-2-9(20-11)12(13,14)15/h2-3,8H,4-7,16H2,1H3,(H,17,21)(H,18,19,20). The molecule has 0 aliphatic carbocycles. The normalized spacial score (nSPS) is 12.8. The highest BCUT2D eigenvalue weighted by atomic mass is 19.4. The zero-order chi connectivity index (χ0) is 16.6. The van der Waals surface area contributed by atoms with Crippen LogP contribution < -0.4 is 16.4 Å². The Hall–Kier alpha value is -1.94. The van der Waals surface area contributed by atoms with Gasteiger partial charge in [-0.1, -0.05) is 0 Å². The van der Waals surface area contributed by atoms with E-state index in [9.17, 15) is 18.0 Å². The van der Waals surface area contributed by atoms with E-state index in [1.807, 2.05) is 0 Å². The van der Waals surface area contributed by atoms with Gasteiger partial charge in [-0.05, 0) is 6.07 Å². The molecule has 0 bridgehead atoms. The second-order valence-electron chi connectivity index (χ2n) is 4.34. The third kappa shape index (κ3) is 6.22. The van der Waals surface area contributed by atoms with E-state index in [4.69, 9.17) is 10.5 Å². The number of aromatic nitrogens is 2. The van der Waals surface area contributed by atoms with Gasteiger partial charge < -0.3 is 21.1 Å². The molecule has 0 radical (unpaired) electrons. The average molecular weight is 321 g/mol. The molecular weight excluding hydrogens is 303 g/mol. The summed E-state index contributed by atoms with van der Waals surface area (Å²) in [5.41, 5.74) is 4.36. The fourth-order valence-electron chi connectivity index (χ4n) is 1.52. The summed E-state index contributed by atoms with van der Waals surface area (Å²) in [6, 6.07) is 0.782. The summed E-state index contributed by atoms with van der Waals surface area (Å²) in [6.07, 6.45) is -3.75. The Morgan fingerprint density at radius 3 is 2.77 bits per heavy atom. The number of carbonyl (C=O) groups is 1. The highest BCUT2D eigenvalue weighted by Gasteiger charge is 2.32. The zero-order valence-electron chi connectivity index (χ0n) is 12.0. The minimum absolute atomic E-state index is 0.118. The molecule has 1 aromatic heterocycles. The predicted octanol–water partition coefficient (Wildman–Crippen LogP) is 0.387. The van der Waals surface area contributed by atoms with Gasteiger partial charge in [0, 0.05) is 32.9 Å². The van der Waals surface area contributed by atoms with Gasteiger partial charge >= 0.3 is 6.18 Å². The summed E-state index contributed by atoms with van der Waals surface area (Å²) in [4.78, 5) is 18.5. The summed E-state index contributed by atoms with van der Waals surface area (Å²) in [5.74, 6) is -0.412. The van der Waals surface area contributed by atoms with Gasteiger partial charge in [0.2, 0.25) is 11.9 Å². The number of nitrogens with zero attached hydrogens (tertiary/aromatic N) is 2. The van der Waals surface area contributed by atoms with Gasteiger partial charge in [-0.25, -0.2) is 9.97 Å². The first kappa shape index (κ1) is 18.1. The number of methoxy groups -OCH3 is 1. The number of nitrogens with one attached hydrogen (secondary N) is 2. The van der Waals surface area contributed by atoms with E-state index in [0.717, 1.165) is 12.3 Å². The Kier molecular flexibility index (Phi) is 6.99. The van der Waals surface area contributed by atoms with Crippen LogP contribution in [0.15, 0.2) is 12.3 Å². The Labute approximate surface area is 125 Å². The molecule has 22 heavy (non-hydrogen) atoms. The van der Waals surface area contributed by atoms with Gasteiger partial charge in [0.25, 0.3) is 0 Å². The SMILES string of the molecule is COC(CN)CC(=O)NCCNc1nccc(C(F)(F)F)n1. The smallest absolute Gasteiger partial charge is 0.380 e. The molecule has 1 heterocycles. The number of alkyl halides is 3. The maximum Gasteiger partial charge on any atom is 0.433 e. The lowest BCUT2D eigenvalue weighted by atomic mass is 10.2. The molecule has 0 spiro atoms. The van der Waals surface area contributed by atoms with Crippen molar-refractivity contribution in [2.75, 3.05) is 32.1 Å². The van der Waals surface area contributed by atoms with Crippen molar-refractivity contribution >= 4 is 11.9 Å². The van der Waals surface area contributed by atoms with E-state index in [1.54, 1.807) is 0 Å². The fraction of sp³-hybridized carbons (Fsp3) is 0.583. The van der Waals surface area contributed by atoms with Crippen LogP contribution in [0, 0.1) is 0 Å². The van der Waals surface area contributed by atoms with Crippen LogP contribution in [0.4, 0.5) is 19.1 Å². The molecule has 1 aromatic rings. The molecule has 0 saturated carbocycles. The maximum absolute atomic E-state index is 12.5. The number of halogens is 3. The van der Waals surface area contributed by atoms with Crippen molar-refractivity contribution < 1.29 is 22.7 Å². The predicted molar refractivity (Wildman–Crippen MR) is 73.0 cm³/mol. The molecule has 1 rings (SSSR count). The summed E-state index contributed by atoms with van der Waals surface area (Å²) in [5, 5.41) is 5.18. The Morgan fingerprint density at radius 1 is 1.45 bits per heavy atom. The number of rotatable bonds is 8. The van der Waals surface area contributed by atoms with E-state index < -0.39 is 11.9 Å². The monoisotopic (exact) mass is 321 g/mol. The van der Waals surface area contributed by atoms with Crippen LogP contribution in [0.3, 0.4) is 0 Å². The minimum atomic E-state index is -4.52. The van der Waals surface area contributed by atoms with Gasteiger partial charge in [0.05, 0.1) is 12.5 Å². The second kappa shape index (κ2) is 8.49. The molecule has 1 amide bonds. The van der Waals surface area contributed by atoms with Gasteiger partial charge in [0.15, 0.2) is 0 Å². The lowest BCUT2D eigenvalue weighted by molar-refractivity contribution is -0.141. The molecule has 10 heteroatoms. The third-order valence-electron chi connectivity index (χ3n) is 2.69. The van der Waals surface area contributed by atoms with Gasteiger partial charge in [0.1, 0.15) is 5.69 Å². The Balaban J connectivity index is 2.34. The summed E-state index contributed by atoms with van der Waals surface area (Å²) in [7, 11) is 1.46. The van der Waals surface area contributed by atoms with Crippen LogP contribution in [-0.2, 0) is 15.7 Å². The second-order valence-corrected chi connectivity index (χ2v) is 4.34. The van der Waals surface area contributed by atoms with Crippen LogP contribution in [0.5, 0.6) is 0 Å². The molecule has 0 fully saturated rings. The first-order valence-electron chi connectivity index (χ1n) is 6.50. The zero-order valence-corrected chi connectivity index (χ0v) is 12.0. The molecule has 1 unspecified atom stereocenters. The van der Waals surface area contributed by atoms with Gasteiger partial charge in [-0.15, -0.1) is 0 Å². The summed E-state index contributed by atoms with van der Waals surface area (Å²) >= 11 is 0. The van der Waals surface area contributed by atoms with Gasteiger partial charge in [-0.3, -0.25) is 4.79 Å². The molecule has 0 aromatic carbocycles. The molecule has 4 N–H and O–H groups in total. The minimum Gasteiger partial charge on any atom is -0.380 e. The van der Waals surface area contributed by atoms with E-state index in [1.165, 1.54) is 7.11 Å². The lowest BCUT2D eigenvalue weighted by Gasteiger charge is -2.13. The average Bonchev–Trinajstić information content (AvgIpc) is 2.48. The molecule has 7 nitrogen and oxygen atoms in total. The first-order valence-corrected chi connectivity index (χ1v) is 6.50. The van der Waals surface area contributed by atoms with Crippen molar-refractivity contribution in [3.8, 4) is 0 Å². The molecule has 0 aliphatic rings. The third-order valence-corrected chi connectivity index (χ3v) is 2.69. The number of nitrogens with two attached hydrogens (primary N) is 1. The fourth-order valence-corrected chi connectivity index (χ4v) is 1.52. The van der Waals surface area contributed by atoms with Crippen LogP contribution in [0.1, 0.15) is 12.1 Å². The van der Waals surface area contributed by atoms with Crippen LogP contribution in [-0.4, -0.2) is 48.7 Å². The van der Waals surface area contributed by atoms with Crippen molar-refractivity contribution in [3.63, 3.8) is 0 Å². The Bertz CT molecular complexity index is 480. The topological polar surface area (TPSA) is 102 Å². The molecular formula is C12H18F3N5O2. The largest absolute Gasteiger partial charge is 0.433 e. The first-order chi connectivity index (χ1) is 10.4. The van der Waals surface area contributed by atoms with Crippen LogP contribution in [0.2, 0.25) is 0 Å². The van der Waals surface area contributed by atoms with E-state index >= 15 is 0 Å². The number of carbonyl (C=O) groups excluding carboxylic acids is 1. The van der Waals surface area contributed by atoms with Crippen LogP contribution >= 0.6 is 0 Å². The number of ether oxygens (including phenoxy) is 1. The van der Waals surface area contributed by atoms with E-state index in [0.29, 0.717) is 0 Å². The van der Waals surface area contributed by atoms with Crippen molar-refractivity contribution in [2.45, 2.75) is 18.7 Å². The van der Waals surface area contributed by atoms with Crippen molar-refractivity contribution in [3.05, 3.63) is 18.0 Å². The van der Waals surface area contributed by atoms with Crippen molar-refractivity contribution in [1.29, 1.82) is 0 Å². The molecule has 1 atom stereocenters. The highest BCUT2D eigenvalue weighted by Crippen LogP contribution is 2.27. The van der Waals surface area contributed by atoms with Crippen molar-refractivity contribution in [2.24, 2.45) is 5.73 Å². The molecule has 124 valence electrons. The lowest BCUT2D eigenvalue weighted by Crippen LogP contribution is -2.34. The maximum atomic E-state index is 12.5. The number of anilines is 1. The summed E-state index contributed by atoms with van der Waals surface area (Å²) < 4.78 is 42.3. The highest BCUT2D eigenvalue weighted by molar-refractivity contribution is 5.76. The van der Waals surface area contributed by atoms with E-state index in [-0.39, 0.29) is 44.0 Å². The quantitative estimate of drug-likeness (QED) is 0.599. The summed E-state index contributed by atoms with van der Waals surface area (Å²) in [6.45, 7) is 0.618.